The van der Waals surface area contributed by atoms with Gasteiger partial charge in [0, 0.05) is 11.4 Å². The first-order chi connectivity index (χ1) is 35.0. The van der Waals surface area contributed by atoms with Gasteiger partial charge in [-0.1, -0.05) is 206 Å². The molecule has 0 radical (unpaired) electrons. The van der Waals surface area contributed by atoms with Crippen LogP contribution in [-0.4, -0.2) is 0 Å². The Morgan fingerprint density at radius 1 is 0.292 bits per heavy atom. The Morgan fingerprint density at radius 3 is 0.861 bits per heavy atom. The number of benzene rings is 9. The Hall–Kier alpha value is -7.42. The number of fused-ring (bicyclic) bond motifs is 4. The van der Waals surface area contributed by atoms with Crippen LogP contribution in [0, 0.1) is 41.5 Å². The topological polar surface area (TPSA) is 6.48 Å². The lowest BCUT2D eigenvalue weighted by atomic mass is 9.59. The third-order valence-corrected chi connectivity index (χ3v) is 16.0. The van der Waals surface area contributed by atoms with Gasteiger partial charge in [-0.25, -0.2) is 0 Å². The molecule has 0 aromatic heterocycles. The van der Waals surface area contributed by atoms with Gasteiger partial charge < -0.3 is 9.80 Å². The minimum atomic E-state index is -0.704. The van der Waals surface area contributed by atoms with E-state index in [2.05, 4.69) is 259 Å². The van der Waals surface area contributed by atoms with Crippen LogP contribution in [0.15, 0.2) is 194 Å². The number of hydrogen-bond acceptors (Lipinski definition) is 2. The van der Waals surface area contributed by atoms with Crippen molar-refractivity contribution in [2.75, 3.05) is 9.80 Å². The molecule has 0 saturated heterocycles. The summed E-state index contributed by atoms with van der Waals surface area (Å²) in [6, 6.07) is 76.3. The molecule has 11 rings (SSSR count). The molecule has 0 atom stereocenters. The van der Waals surface area contributed by atoms with Crippen molar-refractivity contribution < 1.29 is 0 Å². The van der Waals surface area contributed by atoms with Gasteiger partial charge in [0.2, 0.25) is 0 Å². The number of nitrogens with zero attached hydrogens (tertiary/aromatic N) is 2. The summed E-state index contributed by atoms with van der Waals surface area (Å²) in [4.78, 5) is 5.20. The van der Waals surface area contributed by atoms with E-state index in [9.17, 15) is 0 Å². The van der Waals surface area contributed by atoms with Crippen molar-refractivity contribution >= 4 is 34.1 Å². The van der Waals surface area contributed by atoms with Crippen molar-refractivity contribution in [3.63, 3.8) is 0 Å². The van der Waals surface area contributed by atoms with Crippen molar-refractivity contribution in [2.45, 2.75) is 105 Å². The number of rotatable bonds is 12. The average Bonchev–Trinajstić information content (AvgIpc) is 3.40. The minimum absolute atomic E-state index is 0.704. The van der Waals surface area contributed by atoms with Gasteiger partial charge in [0.15, 0.2) is 0 Å². The quantitative estimate of drug-likeness (QED) is 0.120. The zero-order chi connectivity index (χ0) is 49.7. The molecule has 2 heterocycles. The molecule has 9 aromatic carbocycles. The van der Waals surface area contributed by atoms with E-state index in [-0.39, 0.29) is 0 Å². The lowest BCUT2D eigenvalue weighted by molar-refractivity contribution is 0.709. The SMILES string of the molecule is CCCCc1ccc(N2c3ccc(C)cc3C(c3ccc(C)cc3)(c3ccc(C)cc3)c3cc4c(cc32)C(c2ccc(C)cc2)(c2ccc(C)cc2)c2cc(C)ccc2N4c2ccc(CCCC)cc2)cc1. The largest absolute Gasteiger partial charge is 0.310 e. The summed E-state index contributed by atoms with van der Waals surface area (Å²) < 4.78 is 0. The normalized spacial score (nSPS) is 14.1. The number of anilines is 6. The molecule has 0 unspecified atom stereocenters. The summed E-state index contributed by atoms with van der Waals surface area (Å²) in [7, 11) is 0. The lowest BCUT2D eigenvalue weighted by Crippen LogP contribution is -2.41. The van der Waals surface area contributed by atoms with E-state index in [1.807, 2.05) is 0 Å². The van der Waals surface area contributed by atoms with Gasteiger partial charge in [0.25, 0.3) is 0 Å². The van der Waals surface area contributed by atoms with E-state index in [0.717, 1.165) is 24.2 Å². The summed E-state index contributed by atoms with van der Waals surface area (Å²) in [6.45, 7) is 17.9. The van der Waals surface area contributed by atoms with Crippen molar-refractivity contribution in [2.24, 2.45) is 0 Å². The van der Waals surface area contributed by atoms with Crippen molar-refractivity contribution in [1.29, 1.82) is 0 Å². The predicted molar refractivity (Wildman–Crippen MR) is 305 cm³/mol. The van der Waals surface area contributed by atoms with Gasteiger partial charge in [-0.05, 0) is 171 Å². The Morgan fingerprint density at radius 2 is 0.569 bits per heavy atom. The van der Waals surface area contributed by atoms with Crippen LogP contribution in [0.5, 0.6) is 0 Å². The third kappa shape index (κ3) is 7.79. The molecule has 358 valence electrons. The smallest absolute Gasteiger partial charge is 0.0743 e. The number of unbranched alkanes of at least 4 members (excludes halogenated alkanes) is 2. The molecule has 9 aromatic rings. The fourth-order valence-corrected chi connectivity index (χ4v) is 12.1. The molecule has 0 N–H and O–H groups in total. The van der Waals surface area contributed by atoms with Crippen LogP contribution < -0.4 is 9.80 Å². The number of aryl methyl sites for hydroxylation is 8. The molecule has 2 aliphatic rings. The molecule has 0 amide bonds. The first-order valence-corrected chi connectivity index (χ1v) is 26.5. The molecule has 2 heteroatoms. The Bertz CT molecular complexity index is 3070. The monoisotopic (exact) mass is 937 g/mol. The van der Waals surface area contributed by atoms with E-state index in [1.54, 1.807) is 0 Å². The van der Waals surface area contributed by atoms with Gasteiger partial charge in [-0.3, -0.25) is 0 Å². The van der Waals surface area contributed by atoms with Gasteiger partial charge in [0.05, 0.1) is 33.6 Å². The fraction of sp³-hybridized carbons (Fsp3) is 0.229. The molecule has 0 bridgehead atoms. The van der Waals surface area contributed by atoms with E-state index in [4.69, 9.17) is 0 Å². The first-order valence-electron chi connectivity index (χ1n) is 26.5. The predicted octanol–water partition coefficient (Wildman–Crippen LogP) is 18.6. The molecule has 72 heavy (non-hydrogen) atoms. The third-order valence-electron chi connectivity index (χ3n) is 16.0. The molecule has 2 nitrogen and oxygen atoms in total. The van der Waals surface area contributed by atoms with Crippen molar-refractivity contribution in [3.8, 4) is 0 Å². The molecule has 0 spiro atoms. The lowest BCUT2D eigenvalue weighted by Gasteiger charge is -2.51. The Labute approximate surface area is 429 Å². The molecular formula is C70H68N2. The van der Waals surface area contributed by atoms with E-state index in [0.29, 0.717) is 0 Å². The van der Waals surface area contributed by atoms with Crippen LogP contribution in [0.1, 0.15) is 129 Å². The van der Waals surface area contributed by atoms with Crippen LogP contribution in [0.2, 0.25) is 0 Å². The highest BCUT2D eigenvalue weighted by molar-refractivity contribution is 5.96. The van der Waals surface area contributed by atoms with E-state index < -0.39 is 10.8 Å². The van der Waals surface area contributed by atoms with Gasteiger partial charge in [-0.2, -0.15) is 0 Å². The molecule has 0 fully saturated rings. The molecule has 0 aliphatic carbocycles. The summed E-state index contributed by atoms with van der Waals surface area (Å²) in [5.74, 6) is 0. The van der Waals surface area contributed by atoms with Crippen molar-refractivity contribution in [1.82, 2.24) is 0 Å². The van der Waals surface area contributed by atoms with Crippen LogP contribution in [0.3, 0.4) is 0 Å². The van der Waals surface area contributed by atoms with Crippen LogP contribution in [-0.2, 0) is 23.7 Å². The maximum absolute atomic E-state index is 2.63. The zero-order valence-electron chi connectivity index (χ0n) is 43.6. The molecule has 0 saturated carbocycles. The number of hydrogen-bond donors (Lipinski definition) is 0. The van der Waals surface area contributed by atoms with Crippen molar-refractivity contribution in [3.05, 3.63) is 283 Å². The highest BCUT2D eigenvalue weighted by atomic mass is 15.2. The second kappa shape index (κ2) is 19.0. The van der Waals surface area contributed by atoms with E-state index in [1.165, 1.54) is 137 Å². The van der Waals surface area contributed by atoms with Crippen LogP contribution in [0.4, 0.5) is 34.1 Å². The molecule has 2 aliphatic heterocycles. The van der Waals surface area contributed by atoms with Gasteiger partial charge >= 0.3 is 0 Å². The second-order valence-electron chi connectivity index (χ2n) is 21.1. The summed E-state index contributed by atoms with van der Waals surface area (Å²) in [5.41, 5.74) is 25.9. The maximum atomic E-state index is 2.63. The second-order valence-corrected chi connectivity index (χ2v) is 21.1. The summed E-state index contributed by atoms with van der Waals surface area (Å²) in [6.07, 6.45) is 6.84. The van der Waals surface area contributed by atoms with Crippen LogP contribution >= 0.6 is 0 Å². The highest BCUT2D eigenvalue weighted by Crippen LogP contribution is 2.64. The minimum Gasteiger partial charge on any atom is -0.310 e. The maximum Gasteiger partial charge on any atom is 0.0743 e. The fourth-order valence-electron chi connectivity index (χ4n) is 12.1. The van der Waals surface area contributed by atoms with Gasteiger partial charge in [-0.15, -0.1) is 0 Å². The standard InChI is InChI=1S/C70H68N2/c1-9-11-13-53-25-37-59(38-26-53)71-65-41-23-51(7)43-61(65)69(55-29-15-47(3)16-30-55,56-31-17-48(4)18-32-56)63-46-68-64(45-67(63)71)70(57-33-19-49(5)20-34-57,58-35-21-50(6)22-36-58)62-44-52(8)24-42-66(62)72(68)60-39-27-54(28-40-60)14-12-10-2/h15-46H,9-14H2,1-8H3. The van der Waals surface area contributed by atoms with E-state index >= 15 is 0 Å². The Balaban J connectivity index is 1.35. The first kappa shape index (κ1) is 46.9. The van der Waals surface area contributed by atoms with Crippen LogP contribution in [0.25, 0.3) is 0 Å². The zero-order valence-corrected chi connectivity index (χ0v) is 43.6. The Kier molecular flexibility index (Phi) is 12.4. The summed E-state index contributed by atoms with van der Waals surface area (Å²) >= 11 is 0. The van der Waals surface area contributed by atoms with Gasteiger partial charge in [0.1, 0.15) is 0 Å². The molecular weight excluding hydrogens is 869 g/mol. The average molecular weight is 937 g/mol. The highest BCUT2D eigenvalue weighted by Gasteiger charge is 2.52. The summed E-state index contributed by atoms with van der Waals surface area (Å²) in [5, 5.41) is 0.